The van der Waals surface area contributed by atoms with Crippen molar-refractivity contribution in [3.8, 4) is 50.2 Å². The second-order valence-electron chi connectivity index (χ2n) is 19.3. The predicted octanol–water partition coefficient (Wildman–Crippen LogP) is 20.3. The van der Waals surface area contributed by atoms with Crippen LogP contribution >= 0.6 is 11.6 Å². The number of rotatable bonds is 11. The lowest BCUT2D eigenvalue weighted by Gasteiger charge is -2.33. The van der Waals surface area contributed by atoms with Crippen LogP contribution in [-0.2, 0) is 0 Å². The van der Waals surface area contributed by atoms with Crippen LogP contribution in [-0.4, -0.2) is 4.57 Å². The Kier molecular flexibility index (Phi) is 12.2. The zero-order chi connectivity index (χ0) is 50.3. The first-order chi connectivity index (χ1) is 36.3. The van der Waals surface area contributed by atoms with Crippen molar-refractivity contribution in [1.29, 1.82) is 0 Å². The van der Waals surface area contributed by atoms with E-state index in [1.165, 1.54) is 55.3 Å². The summed E-state index contributed by atoms with van der Waals surface area (Å²) in [6.07, 6.45) is 0. The lowest BCUT2D eigenvalue weighted by atomic mass is 9.93. The van der Waals surface area contributed by atoms with Gasteiger partial charge in [-0.2, -0.15) is 0 Å². The van der Waals surface area contributed by atoms with Gasteiger partial charge in [0.05, 0.1) is 33.8 Å². The van der Waals surface area contributed by atoms with Crippen LogP contribution in [0.15, 0.2) is 255 Å². The van der Waals surface area contributed by atoms with Crippen molar-refractivity contribution in [2.24, 2.45) is 0 Å². The largest absolute Gasteiger partial charge is 0.310 e. The average molecular weight is 973 g/mol. The van der Waals surface area contributed by atoms with Gasteiger partial charge in [-0.25, -0.2) is 0 Å². The summed E-state index contributed by atoms with van der Waals surface area (Å²) in [6.45, 7) is 8.88. The van der Waals surface area contributed by atoms with Crippen LogP contribution in [0.3, 0.4) is 0 Å². The fourth-order valence-corrected chi connectivity index (χ4v) is 11.4. The molecule has 0 unspecified atom stereocenters. The van der Waals surface area contributed by atoms with Crippen molar-refractivity contribution < 1.29 is 0 Å². The molecular formula is C70H54ClN3. The third-order valence-electron chi connectivity index (χ3n) is 14.5. The zero-order valence-electron chi connectivity index (χ0n) is 42.0. The smallest absolute Gasteiger partial charge is 0.0618 e. The van der Waals surface area contributed by atoms with Gasteiger partial charge in [0.15, 0.2) is 0 Å². The summed E-state index contributed by atoms with van der Waals surface area (Å²) in [4.78, 5) is 4.79. The summed E-state index contributed by atoms with van der Waals surface area (Å²) < 4.78 is 2.48. The second kappa shape index (κ2) is 19.6. The molecule has 0 spiro atoms. The molecule has 12 rings (SSSR count). The van der Waals surface area contributed by atoms with Gasteiger partial charge in [-0.3, -0.25) is 0 Å². The third kappa shape index (κ3) is 8.51. The maximum Gasteiger partial charge on any atom is 0.0618 e. The van der Waals surface area contributed by atoms with Crippen LogP contribution in [0.2, 0.25) is 5.02 Å². The van der Waals surface area contributed by atoms with Crippen molar-refractivity contribution in [1.82, 2.24) is 4.57 Å². The van der Waals surface area contributed by atoms with E-state index in [9.17, 15) is 0 Å². The highest BCUT2D eigenvalue weighted by Crippen LogP contribution is 2.50. The minimum absolute atomic E-state index is 0.652. The number of halogens is 1. The van der Waals surface area contributed by atoms with E-state index in [0.717, 1.165) is 73.1 Å². The molecule has 1 heterocycles. The number of hydrogen-bond donors (Lipinski definition) is 0. The first-order valence-electron chi connectivity index (χ1n) is 25.4. The minimum Gasteiger partial charge on any atom is -0.310 e. The quantitative estimate of drug-likeness (QED) is 0.128. The molecule has 4 heteroatoms. The van der Waals surface area contributed by atoms with Crippen LogP contribution in [0, 0.1) is 27.7 Å². The van der Waals surface area contributed by atoms with Gasteiger partial charge in [0.1, 0.15) is 0 Å². The number of benzene rings is 11. The number of hydrogen-bond acceptors (Lipinski definition) is 2. The molecule has 0 saturated heterocycles. The van der Waals surface area contributed by atoms with Crippen molar-refractivity contribution in [2.75, 3.05) is 9.80 Å². The number of aromatic nitrogens is 1. The molecule has 0 aliphatic heterocycles. The van der Waals surface area contributed by atoms with Gasteiger partial charge in [-0.15, -0.1) is 0 Å². The molecule has 3 nitrogen and oxygen atoms in total. The molecule has 0 amide bonds. The number of nitrogens with zero attached hydrogens (tertiary/aromatic N) is 3. The molecule has 0 radical (unpaired) electrons. The van der Waals surface area contributed by atoms with Crippen LogP contribution in [0.25, 0.3) is 72.0 Å². The summed E-state index contributed by atoms with van der Waals surface area (Å²) in [6, 6.07) is 92.2. The van der Waals surface area contributed by atoms with E-state index in [4.69, 9.17) is 11.6 Å². The molecule has 0 bridgehead atoms. The van der Waals surface area contributed by atoms with Crippen LogP contribution < -0.4 is 9.80 Å². The van der Waals surface area contributed by atoms with Gasteiger partial charge >= 0.3 is 0 Å². The molecule has 12 aromatic rings. The van der Waals surface area contributed by atoms with E-state index in [-0.39, 0.29) is 0 Å². The Bertz CT molecular complexity index is 3760. The molecular weight excluding hydrogens is 918 g/mol. The van der Waals surface area contributed by atoms with E-state index in [2.05, 4.69) is 291 Å². The molecule has 0 atom stereocenters. The second-order valence-corrected chi connectivity index (χ2v) is 19.7. The molecule has 11 aromatic carbocycles. The third-order valence-corrected chi connectivity index (χ3v) is 14.7. The van der Waals surface area contributed by atoms with Crippen LogP contribution in [0.4, 0.5) is 34.1 Å². The van der Waals surface area contributed by atoms with E-state index < -0.39 is 0 Å². The summed E-state index contributed by atoms with van der Waals surface area (Å²) in [7, 11) is 0. The fraction of sp³-hybridized carbons (Fsp3) is 0.0571. The van der Waals surface area contributed by atoms with Gasteiger partial charge < -0.3 is 14.4 Å². The Morgan fingerprint density at radius 3 is 1.18 bits per heavy atom. The zero-order valence-corrected chi connectivity index (χ0v) is 42.7. The van der Waals surface area contributed by atoms with Gasteiger partial charge in [-0.1, -0.05) is 181 Å². The molecule has 0 aliphatic rings. The van der Waals surface area contributed by atoms with Crippen LogP contribution in [0.1, 0.15) is 22.3 Å². The van der Waals surface area contributed by atoms with Crippen LogP contribution in [0.5, 0.6) is 0 Å². The number of fused-ring (bicyclic) bond motifs is 3. The molecule has 356 valence electrons. The topological polar surface area (TPSA) is 11.4 Å². The summed E-state index contributed by atoms with van der Waals surface area (Å²) in [5.41, 5.74) is 23.7. The Morgan fingerprint density at radius 2 is 0.716 bits per heavy atom. The van der Waals surface area contributed by atoms with E-state index in [1.807, 2.05) is 6.07 Å². The Morgan fingerprint density at radius 1 is 0.311 bits per heavy atom. The highest BCUT2D eigenvalue weighted by atomic mass is 35.5. The lowest BCUT2D eigenvalue weighted by molar-refractivity contribution is 1.16. The standard InChI is InChI=1S/C70H54ClN3/c1-47-21-17-22-48(2)68(47)53-37-39-66-64(41-53)65-42-54(69-49(3)23-18-24-50(69)4)38-40-67(65)74(66)61-45-59(72(56-30-13-7-14-31-56)57-32-15-8-16-33-57)44-60(46-61)73(58-34-19-29-55(71)43-58)70-62(51-25-9-5-10-26-51)35-20-36-63(70)52-27-11-6-12-28-52/h5-46H,1-4H3. The van der Waals surface area contributed by atoms with Crippen molar-refractivity contribution >= 4 is 67.5 Å². The normalized spacial score (nSPS) is 11.3. The average Bonchev–Trinajstić information content (AvgIpc) is 3.76. The fourth-order valence-electron chi connectivity index (χ4n) is 11.2. The van der Waals surface area contributed by atoms with E-state index in [1.54, 1.807) is 0 Å². The van der Waals surface area contributed by atoms with E-state index in [0.29, 0.717) is 5.02 Å². The highest BCUT2D eigenvalue weighted by Gasteiger charge is 2.26. The summed E-state index contributed by atoms with van der Waals surface area (Å²) in [5.74, 6) is 0. The first-order valence-corrected chi connectivity index (χ1v) is 25.7. The molecule has 0 saturated carbocycles. The minimum atomic E-state index is 0.652. The SMILES string of the molecule is Cc1cccc(C)c1-c1ccc2c(c1)c1cc(-c3c(C)cccc3C)ccc1n2-c1cc(N(c2ccccc2)c2ccccc2)cc(N(c2cccc(Cl)c2)c2c(-c3ccccc3)cccc2-c2ccccc2)c1. The van der Waals surface area contributed by atoms with Crippen molar-refractivity contribution in [3.63, 3.8) is 0 Å². The molecule has 0 aliphatic carbocycles. The summed E-state index contributed by atoms with van der Waals surface area (Å²) >= 11 is 7.08. The van der Waals surface area contributed by atoms with E-state index >= 15 is 0 Å². The maximum absolute atomic E-state index is 7.08. The number of aryl methyl sites for hydroxylation is 4. The lowest BCUT2D eigenvalue weighted by Crippen LogP contribution is -2.15. The molecule has 0 N–H and O–H groups in total. The van der Waals surface area contributed by atoms with Gasteiger partial charge in [0.2, 0.25) is 0 Å². The monoisotopic (exact) mass is 971 g/mol. The van der Waals surface area contributed by atoms with Crippen molar-refractivity contribution in [2.45, 2.75) is 27.7 Å². The molecule has 0 fully saturated rings. The maximum atomic E-state index is 7.08. The first kappa shape index (κ1) is 46.2. The number of anilines is 6. The van der Waals surface area contributed by atoms with Crippen molar-refractivity contribution in [3.05, 3.63) is 282 Å². The highest BCUT2D eigenvalue weighted by molar-refractivity contribution is 6.31. The predicted molar refractivity (Wildman–Crippen MR) is 316 cm³/mol. The Hall–Kier alpha value is -8.89. The number of para-hydroxylation sites is 3. The van der Waals surface area contributed by atoms with Gasteiger partial charge in [0, 0.05) is 44.0 Å². The summed E-state index contributed by atoms with van der Waals surface area (Å²) in [5, 5.41) is 3.03. The van der Waals surface area contributed by atoms with Gasteiger partial charge in [0.25, 0.3) is 0 Å². The molecule has 1 aromatic heterocycles. The Balaban J connectivity index is 1.21. The van der Waals surface area contributed by atoms with Gasteiger partial charge in [-0.05, 0) is 168 Å². The Labute approximate surface area is 439 Å². The molecule has 74 heavy (non-hydrogen) atoms.